The summed E-state index contributed by atoms with van der Waals surface area (Å²) in [5, 5.41) is 18.6. The maximum Gasteiger partial charge on any atom is 0.342 e. The van der Waals surface area contributed by atoms with Crippen LogP contribution in [0, 0.1) is 0 Å². The summed E-state index contributed by atoms with van der Waals surface area (Å²) >= 11 is 0. The molecule has 5 nitrogen and oxygen atoms in total. The van der Waals surface area contributed by atoms with Crippen LogP contribution in [0.3, 0.4) is 0 Å². The highest BCUT2D eigenvalue weighted by Gasteiger charge is 2.25. The number of aliphatic hydroxyl groups excluding tert-OH is 1. The van der Waals surface area contributed by atoms with E-state index in [1.807, 2.05) is 0 Å². The second kappa shape index (κ2) is 5.34. The van der Waals surface area contributed by atoms with E-state index in [-0.39, 0.29) is 16.9 Å². The van der Waals surface area contributed by atoms with Crippen molar-refractivity contribution >= 4 is 11.9 Å². The maximum atomic E-state index is 11.4. The highest BCUT2D eigenvalue weighted by Crippen LogP contribution is 2.23. The standard InChI is InChI=1S/C11H14O5/c1-16-11(15)9-7(10(13)14)5-3-2-4-6-8(9)12/h5,12H,2-4,6H2,1H3,(H,13,14)/b7-5+,9-8-. The van der Waals surface area contributed by atoms with Crippen molar-refractivity contribution in [2.45, 2.75) is 25.7 Å². The second-order valence-electron chi connectivity index (χ2n) is 3.48. The van der Waals surface area contributed by atoms with Gasteiger partial charge in [0.1, 0.15) is 11.3 Å². The van der Waals surface area contributed by atoms with E-state index in [0.717, 1.165) is 20.0 Å². The topological polar surface area (TPSA) is 83.8 Å². The van der Waals surface area contributed by atoms with Gasteiger partial charge in [-0.3, -0.25) is 0 Å². The molecule has 1 rings (SSSR count). The van der Waals surface area contributed by atoms with E-state index in [0.29, 0.717) is 12.8 Å². The zero-order valence-electron chi connectivity index (χ0n) is 9.02. The quantitative estimate of drug-likeness (QED) is 0.698. The Labute approximate surface area is 93.0 Å². The van der Waals surface area contributed by atoms with Gasteiger partial charge in [-0.1, -0.05) is 6.08 Å². The summed E-state index contributed by atoms with van der Waals surface area (Å²) in [6.45, 7) is 0. The van der Waals surface area contributed by atoms with Crippen molar-refractivity contribution in [1.82, 2.24) is 0 Å². The van der Waals surface area contributed by atoms with Crippen LogP contribution >= 0.6 is 0 Å². The Morgan fingerprint density at radius 2 is 2.06 bits per heavy atom. The molecule has 16 heavy (non-hydrogen) atoms. The third-order valence-electron chi connectivity index (χ3n) is 2.39. The number of aliphatic hydroxyl groups is 1. The predicted molar refractivity (Wildman–Crippen MR) is 55.9 cm³/mol. The fraction of sp³-hybridized carbons (Fsp3) is 0.455. The second-order valence-corrected chi connectivity index (χ2v) is 3.48. The number of hydrogen-bond donors (Lipinski definition) is 2. The Kier molecular flexibility index (Phi) is 4.10. The van der Waals surface area contributed by atoms with Gasteiger partial charge in [0.2, 0.25) is 0 Å². The Hall–Kier alpha value is -1.78. The van der Waals surface area contributed by atoms with Gasteiger partial charge in [-0.15, -0.1) is 0 Å². The van der Waals surface area contributed by atoms with Gasteiger partial charge in [-0.25, -0.2) is 9.59 Å². The van der Waals surface area contributed by atoms with Gasteiger partial charge in [-0.05, 0) is 19.3 Å². The summed E-state index contributed by atoms with van der Waals surface area (Å²) in [7, 11) is 1.15. The van der Waals surface area contributed by atoms with Crippen molar-refractivity contribution in [2.75, 3.05) is 7.11 Å². The molecule has 2 N–H and O–H groups in total. The number of esters is 1. The Morgan fingerprint density at radius 1 is 1.38 bits per heavy atom. The molecule has 0 aromatic rings. The van der Waals surface area contributed by atoms with E-state index >= 15 is 0 Å². The summed E-state index contributed by atoms with van der Waals surface area (Å²) in [5.74, 6) is -2.25. The van der Waals surface area contributed by atoms with Crippen molar-refractivity contribution in [3.8, 4) is 0 Å². The van der Waals surface area contributed by atoms with Crippen LogP contribution in [-0.2, 0) is 14.3 Å². The number of ether oxygens (including phenoxy) is 1. The van der Waals surface area contributed by atoms with E-state index in [2.05, 4.69) is 4.74 Å². The summed E-state index contributed by atoms with van der Waals surface area (Å²) in [4.78, 5) is 22.4. The lowest BCUT2D eigenvalue weighted by atomic mass is 9.97. The largest absolute Gasteiger partial charge is 0.511 e. The number of methoxy groups -OCH3 is 1. The summed E-state index contributed by atoms with van der Waals surface area (Å²) < 4.78 is 4.48. The minimum atomic E-state index is -1.23. The van der Waals surface area contributed by atoms with Crippen molar-refractivity contribution < 1.29 is 24.5 Å². The number of carbonyl (C=O) groups is 2. The van der Waals surface area contributed by atoms with Crippen LogP contribution in [0.15, 0.2) is 23.0 Å². The van der Waals surface area contributed by atoms with Crippen molar-refractivity contribution in [2.24, 2.45) is 0 Å². The van der Waals surface area contributed by atoms with Crippen LogP contribution in [0.4, 0.5) is 0 Å². The van der Waals surface area contributed by atoms with Crippen LogP contribution in [0.5, 0.6) is 0 Å². The highest BCUT2D eigenvalue weighted by atomic mass is 16.5. The van der Waals surface area contributed by atoms with Gasteiger partial charge in [0, 0.05) is 6.42 Å². The van der Waals surface area contributed by atoms with Gasteiger partial charge in [0.15, 0.2) is 0 Å². The zero-order valence-corrected chi connectivity index (χ0v) is 9.02. The van der Waals surface area contributed by atoms with E-state index in [1.165, 1.54) is 6.08 Å². The molecule has 5 heteroatoms. The van der Waals surface area contributed by atoms with E-state index in [9.17, 15) is 14.7 Å². The number of allylic oxidation sites excluding steroid dienone is 2. The van der Waals surface area contributed by atoms with Crippen LogP contribution in [0.25, 0.3) is 0 Å². The molecule has 88 valence electrons. The Bertz CT molecular complexity index is 365. The molecule has 0 aromatic carbocycles. The van der Waals surface area contributed by atoms with Crippen LogP contribution in [0.2, 0.25) is 0 Å². The first-order chi connectivity index (χ1) is 7.57. The lowest BCUT2D eigenvalue weighted by molar-refractivity contribution is -0.138. The minimum absolute atomic E-state index is 0.177. The molecule has 0 fully saturated rings. The van der Waals surface area contributed by atoms with Crippen LogP contribution in [0.1, 0.15) is 25.7 Å². The van der Waals surface area contributed by atoms with Crippen molar-refractivity contribution in [3.63, 3.8) is 0 Å². The molecule has 0 unspecified atom stereocenters. The molecule has 0 saturated heterocycles. The summed E-state index contributed by atoms with van der Waals surface area (Å²) in [5.41, 5.74) is -0.404. The number of aliphatic carboxylic acids is 1. The van der Waals surface area contributed by atoms with Crippen LogP contribution < -0.4 is 0 Å². The molecule has 0 spiro atoms. The number of hydrogen-bond acceptors (Lipinski definition) is 4. The van der Waals surface area contributed by atoms with E-state index < -0.39 is 11.9 Å². The van der Waals surface area contributed by atoms with Gasteiger partial charge < -0.3 is 14.9 Å². The van der Waals surface area contributed by atoms with Crippen molar-refractivity contribution in [3.05, 3.63) is 23.0 Å². The van der Waals surface area contributed by atoms with Crippen molar-refractivity contribution in [1.29, 1.82) is 0 Å². The zero-order chi connectivity index (χ0) is 12.1. The Balaban J connectivity index is 3.21. The first-order valence-corrected chi connectivity index (χ1v) is 5.02. The average Bonchev–Trinajstić information content (AvgIpc) is 2.22. The summed E-state index contributed by atoms with van der Waals surface area (Å²) in [6.07, 6.45) is 3.83. The molecule has 0 aromatic heterocycles. The first kappa shape index (κ1) is 12.3. The molecular weight excluding hydrogens is 212 g/mol. The molecule has 0 radical (unpaired) electrons. The monoisotopic (exact) mass is 226 g/mol. The van der Waals surface area contributed by atoms with Gasteiger partial charge in [0.05, 0.1) is 12.7 Å². The molecular formula is C11H14O5. The van der Waals surface area contributed by atoms with E-state index in [4.69, 9.17) is 5.11 Å². The first-order valence-electron chi connectivity index (χ1n) is 5.02. The minimum Gasteiger partial charge on any atom is -0.511 e. The molecule has 0 heterocycles. The van der Waals surface area contributed by atoms with Crippen LogP contribution in [-0.4, -0.2) is 29.3 Å². The highest BCUT2D eigenvalue weighted by molar-refractivity contribution is 6.06. The molecule has 0 saturated carbocycles. The lowest BCUT2D eigenvalue weighted by Gasteiger charge is -2.12. The van der Waals surface area contributed by atoms with E-state index in [1.54, 1.807) is 0 Å². The fourth-order valence-electron chi connectivity index (χ4n) is 1.59. The third-order valence-corrected chi connectivity index (χ3v) is 2.39. The fourth-order valence-corrected chi connectivity index (χ4v) is 1.59. The summed E-state index contributed by atoms with van der Waals surface area (Å²) in [6, 6.07) is 0. The number of carboxylic acid groups (broad SMARTS) is 1. The molecule has 0 aliphatic heterocycles. The lowest BCUT2D eigenvalue weighted by Crippen LogP contribution is -2.16. The SMILES string of the molecule is COC(=O)C1=C(\O)CCCC/C=C\1C(=O)O. The van der Waals surface area contributed by atoms with Gasteiger partial charge >= 0.3 is 11.9 Å². The van der Waals surface area contributed by atoms with Gasteiger partial charge in [0.25, 0.3) is 0 Å². The molecule has 0 amide bonds. The molecule has 1 aliphatic carbocycles. The van der Waals surface area contributed by atoms with Gasteiger partial charge in [-0.2, -0.15) is 0 Å². The predicted octanol–water partition coefficient (Wildman–Crippen LogP) is 1.56. The number of carboxylic acids is 1. The Morgan fingerprint density at radius 3 is 2.62 bits per heavy atom. The smallest absolute Gasteiger partial charge is 0.342 e. The average molecular weight is 226 g/mol. The third kappa shape index (κ3) is 2.62. The molecule has 0 atom stereocenters. The molecule has 1 aliphatic rings. The normalized spacial score (nSPS) is 24.9. The number of rotatable bonds is 2. The number of carbonyl (C=O) groups excluding carboxylic acids is 1. The maximum absolute atomic E-state index is 11.4. The molecule has 0 bridgehead atoms.